The molecule has 0 radical (unpaired) electrons. The van der Waals surface area contributed by atoms with Gasteiger partial charge in [0.05, 0.1) is 33.3 Å². The van der Waals surface area contributed by atoms with Gasteiger partial charge in [0.25, 0.3) is 0 Å². The van der Waals surface area contributed by atoms with Crippen LogP contribution < -0.4 is 0 Å². The molecular weight excluding hydrogens is 430 g/mol. The molecule has 0 aliphatic rings. The Morgan fingerprint density at radius 3 is 2.65 bits per heavy atom. The number of pyridine rings is 1. The van der Waals surface area contributed by atoms with Crippen molar-refractivity contribution in [3.63, 3.8) is 0 Å². The first kappa shape index (κ1) is 23.9. The molecule has 2 heterocycles. The van der Waals surface area contributed by atoms with Gasteiger partial charge in [-0.1, -0.05) is 12.1 Å². The van der Waals surface area contributed by atoms with Gasteiger partial charge in [0.15, 0.2) is 5.16 Å². The Morgan fingerprint density at radius 2 is 1.84 bits per heavy atom. The highest BCUT2D eigenvalue weighted by Crippen LogP contribution is 2.26. The number of fused-ring (bicyclic) bond motifs is 1. The van der Waals surface area contributed by atoms with E-state index in [0.29, 0.717) is 10.9 Å². The van der Waals surface area contributed by atoms with E-state index in [9.17, 15) is 4.21 Å². The molecule has 0 aliphatic heterocycles. The number of hydrogen-bond donors (Lipinski definition) is 1. The first-order chi connectivity index (χ1) is 15.2. The molecule has 2 aromatic heterocycles. The molecule has 1 atom stereocenters. The zero-order valence-electron chi connectivity index (χ0n) is 18.3. The van der Waals surface area contributed by atoms with Crippen molar-refractivity contribution in [2.24, 2.45) is 0 Å². The Kier molecular flexibility index (Phi) is 9.99. The van der Waals surface area contributed by atoms with Gasteiger partial charge in [-0.15, -0.1) is 11.8 Å². The number of imidazole rings is 1. The van der Waals surface area contributed by atoms with E-state index in [1.54, 1.807) is 7.11 Å². The van der Waals surface area contributed by atoms with Crippen molar-refractivity contribution < 1.29 is 13.7 Å². The van der Waals surface area contributed by atoms with E-state index >= 15 is 0 Å². The average Bonchev–Trinajstić information content (AvgIpc) is 3.22. The Balaban J connectivity index is 1.43. The fourth-order valence-electron chi connectivity index (χ4n) is 3.13. The molecule has 0 spiro atoms. The molecule has 8 heteroatoms. The molecule has 0 bridgehead atoms. The maximum Gasteiger partial charge on any atom is 0.197 e. The Labute approximate surface area is 191 Å². The maximum atomic E-state index is 12.8. The molecule has 0 saturated carbocycles. The van der Waals surface area contributed by atoms with Gasteiger partial charge in [-0.25, -0.2) is 4.98 Å². The van der Waals surface area contributed by atoms with E-state index in [-0.39, 0.29) is 0 Å². The first-order valence-electron chi connectivity index (χ1n) is 10.7. The molecule has 6 nitrogen and oxygen atoms in total. The number of unbranched alkanes of at least 4 members (excludes halogenated alkanes) is 2. The second kappa shape index (κ2) is 13.0. The molecule has 0 saturated heterocycles. The van der Waals surface area contributed by atoms with Crippen LogP contribution >= 0.6 is 11.8 Å². The second-order valence-electron chi connectivity index (χ2n) is 7.30. The Hall–Kier alpha value is -1.74. The number of nitrogens with one attached hydrogen (secondary N) is 1. The standard InChI is InChI=1S/C23H31N3O3S2/c1-18-21(17-31(27)23-25-19-9-3-4-10-20(19)26-23)24-12-11-22(18)30-16-8-7-15-29-14-6-5-13-28-2/h3-4,9-12H,5-8,13-17H2,1-2H3,(H,25,26). The quantitative estimate of drug-likeness (QED) is 0.272. The minimum absolute atomic E-state index is 0.358. The number of benzene rings is 1. The Bertz CT molecular complexity index is 945. The summed E-state index contributed by atoms with van der Waals surface area (Å²) in [5.74, 6) is 1.39. The summed E-state index contributed by atoms with van der Waals surface area (Å²) in [5, 5.41) is 0.502. The van der Waals surface area contributed by atoms with Crippen molar-refractivity contribution in [2.45, 2.75) is 48.4 Å². The lowest BCUT2D eigenvalue weighted by Gasteiger charge is -2.10. The van der Waals surface area contributed by atoms with Crippen molar-refractivity contribution >= 4 is 33.6 Å². The number of aromatic amines is 1. The highest BCUT2D eigenvalue weighted by atomic mass is 32.2. The smallest absolute Gasteiger partial charge is 0.197 e. The summed E-state index contributed by atoms with van der Waals surface area (Å²) >= 11 is 1.83. The van der Waals surface area contributed by atoms with E-state index in [1.165, 1.54) is 4.90 Å². The third kappa shape index (κ3) is 7.42. The van der Waals surface area contributed by atoms with Crippen LogP contribution in [0.3, 0.4) is 0 Å². The van der Waals surface area contributed by atoms with Crippen LogP contribution in [0, 0.1) is 6.92 Å². The largest absolute Gasteiger partial charge is 0.385 e. The van der Waals surface area contributed by atoms with Crippen LogP contribution in [0.15, 0.2) is 46.6 Å². The number of H-pyrrole nitrogens is 1. The summed E-state index contributed by atoms with van der Waals surface area (Å²) in [6, 6.07) is 9.77. The van der Waals surface area contributed by atoms with Gasteiger partial charge in [0, 0.05) is 38.0 Å². The highest BCUT2D eigenvalue weighted by molar-refractivity contribution is 7.99. The van der Waals surface area contributed by atoms with Gasteiger partial charge in [-0.2, -0.15) is 0 Å². The van der Waals surface area contributed by atoms with Crippen LogP contribution in [0.1, 0.15) is 36.9 Å². The molecule has 1 unspecified atom stereocenters. The number of aromatic nitrogens is 3. The minimum atomic E-state index is -1.26. The zero-order valence-corrected chi connectivity index (χ0v) is 19.9. The fourth-order valence-corrected chi connectivity index (χ4v) is 5.29. The number of thioether (sulfide) groups is 1. The lowest BCUT2D eigenvalue weighted by molar-refractivity contribution is 0.117. The lowest BCUT2D eigenvalue weighted by atomic mass is 10.2. The van der Waals surface area contributed by atoms with E-state index in [2.05, 4.69) is 21.9 Å². The molecule has 168 valence electrons. The van der Waals surface area contributed by atoms with Crippen LogP contribution in [0.4, 0.5) is 0 Å². The van der Waals surface area contributed by atoms with Gasteiger partial charge in [-0.3, -0.25) is 9.19 Å². The molecule has 1 N–H and O–H groups in total. The van der Waals surface area contributed by atoms with Crippen LogP contribution in [0.5, 0.6) is 0 Å². The molecule has 31 heavy (non-hydrogen) atoms. The maximum absolute atomic E-state index is 12.8. The van der Waals surface area contributed by atoms with E-state index < -0.39 is 10.8 Å². The van der Waals surface area contributed by atoms with E-state index in [4.69, 9.17) is 9.47 Å². The van der Waals surface area contributed by atoms with Gasteiger partial charge in [-0.05, 0) is 62.1 Å². The van der Waals surface area contributed by atoms with Gasteiger partial charge in [0.2, 0.25) is 0 Å². The van der Waals surface area contributed by atoms with Crippen LogP contribution in [0.2, 0.25) is 0 Å². The number of nitrogens with zero attached hydrogens (tertiary/aromatic N) is 2. The summed E-state index contributed by atoms with van der Waals surface area (Å²) in [4.78, 5) is 13.3. The highest BCUT2D eigenvalue weighted by Gasteiger charge is 2.14. The van der Waals surface area contributed by atoms with Crippen molar-refractivity contribution in [3.8, 4) is 0 Å². The summed E-state index contributed by atoms with van der Waals surface area (Å²) in [7, 11) is 0.465. The topological polar surface area (TPSA) is 77.1 Å². The van der Waals surface area contributed by atoms with Crippen molar-refractivity contribution in [1.29, 1.82) is 0 Å². The number of para-hydroxylation sites is 2. The van der Waals surface area contributed by atoms with E-state index in [1.807, 2.05) is 48.3 Å². The number of methoxy groups -OCH3 is 1. The van der Waals surface area contributed by atoms with Crippen molar-refractivity contribution in [3.05, 3.63) is 47.8 Å². The number of ether oxygens (including phenoxy) is 2. The van der Waals surface area contributed by atoms with Crippen molar-refractivity contribution in [1.82, 2.24) is 15.0 Å². The molecular formula is C23H31N3O3S2. The first-order valence-corrected chi connectivity index (χ1v) is 13.0. The minimum Gasteiger partial charge on any atom is -0.385 e. The van der Waals surface area contributed by atoms with Gasteiger partial charge >= 0.3 is 0 Å². The van der Waals surface area contributed by atoms with Crippen molar-refractivity contribution in [2.75, 3.05) is 32.7 Å². The molecule has 1 aromatic carbocycles. The van der Waals surface area contributed by atoms with Gasteiger partial charge in [0.1, 0.15) is 0 Å². The lowest BCUT2D eigenvalue weighted by Crippen LogP contribution is -2.03. The monoisotopic (exact) mass is 461 g/mol. The molecule has 3 aromatic rings. The normalized spacial score (nSPS) is 12.5. The predicted molar refractivity (Wildman–Crippen MR) is 127 cm³/mol. The molecule has 0 aliphatic carbocycles. The SMILES string of the molecule is COCCCCOCCCCSc1ccnc(CS(=O)c2nc3ccccc3[nH]2)c1C. The number of rotatable bonds is 14. The fraction of sp³-hybridized carbons (Fsp3) is 0.478. The summed E-state index contributed by atoms with van der Waals surface area (Å²) in [6.45, 7) is 4.49. The molecule has 0 amide bonds. The molecule has 0 fully saturated rings. The van der Waals surface area contributed by atoms with Gasteiger partial charge < -0.3 is 14.5 Å². The van der Waals surface area contributed by atoms with Crippen LogP contribution in [-0.4, -0.2) is 51.8 Å². The van der Waals surface area contributed by atoms with E-state index in [0.717, 1.165) is 73.5 Å². The third-order valence-electron chi connectivity index (χ3n) is 4.94. The average molecular weight is 462 g/mol. The predicted octanol–water partition coefficient (Wildman–Crippen LogP) is 4.89. The summed E-state index contributed by atoms with van der Waals surface area (Å²) in [5.41, 5.74) is 3.70. The summed E-state index contributed by atoms with van der Waals surface area (Å²) in [6.07, 6.45) is 6.08. The molecule has 3 rings (SSSR count). The second-order valence-corrected chi connectivity index (χ2v) is 9.80. The van der Waals surface area contributed by atoms with Crippen LogP contribution in [-0.2, 0) is 26.0 Å². The number of hydrogen-bond acceptors (Lipinski definition) is 6. The summed E-state index contributed by atoms with van der Waals surface area (Å²) < 4.78 is 23.5. The Morgan fingerprint density at radius 1 is 1.06 bits per heavy atom. The zero-order chi connectivity index (χ0) is 21.9. The van der Waals surface area contributed by atoms with Crippen LogP contribution in [0.25, 0.3) is 11.0 Å². The third-order valence-corrected chi connectivity index (χ3v) is 7.34.